The molecule has 0 bridgehead atoms. The first-order chi connectivity index (χ1) is 13.3. The van der Waals surface area contributed by atoms with Crippen LogP contribution in [0.3, 0.4) is 0 Å². The van der Waals surface area contributed by atoms with Gasteiger partial charge in [0.1, 0.15) is 5.25 Å². The molecule has 0 saturated heterocycles. The first-order valence-electron chi connectivity index (χ1n) is 8.50. The van der Waals surface area contributed by atoms with Crippen LogP contribution < -0.4 is 0 Å². The van der Waals surface area contributed by atoms with Gasteiger partial charge in [-0.3, -0.25) is 4.57 Å². The maximum atomic E-state index is 9.65. The van der Waals surface area contributed by atoms with E-state index < -0.39 is 0 Å². The van der Waals surface area contributed by atoms with Gasteiger partial charge in [0.15, 0.2) is 10.9 Å². The Bertz CT molecular complexity index is 1040. The van der Waals surface area contributed by atoms with Gasteiger partial charge in [-0.25, -0.2) is 0 Å². The maximum Gasteiger partial charge on any atom is 0.205 e. The molecule has 0 radical (unpaired) electrons. The third-order valence-electron chi connectivity index (χ3n) is 4.04. The molecule has 0 amide bonds. The fraction of sp³-hybridized carbons (Fsp3) is 0.0952. The summed E-state index contributed by atoms with van der Waals surface area (Å²) in [6, 6.07) is 25.9. The summed E-state index contributed by atoms with van der Waals surface area (Å²) in [6.07, 6.45) is 2.25. The SMILES string of the molecule is N#CC(Cc1ccccc1)Sc1nnc(-c2ccco2)n1-c1ccccc1. The van der Waals surface area contributed by atoms with Gasteiger partial charge in [0.2, 0.25) is 5.82 Å². The predicted octanol–water partition coefficient (Wildman–Crippen LogP) is 4.75. The van der Waals surface area contributed by atoms with Gasteiger partial charge in [-0.1, -0.05) is 60.3 Å². The molecule has 132 valence electrons. The zero-order valence-corrected chi connectivity index (χ0v) is 15.2. The summed E-state index contributed by atoms with van der Waals surface area (Å²) in [6.45, 7) is 0. The molecule has 0 N–H and O–H groups in total. The Kier molecular flexibility index (Phi) is 5.04. The highest BCUT2D eigenvalue weighted by Crippen LogP contribution is 2.31. The van der Waals surface area contributed by atoms with Crippen molar-refractivity contribution in [3.63, 3.8) is 0 Å². The van der Waals surface area contributed by atoms with Crippen molar-refractivity contribution < 1.29 is 4.42 Å². The van der Waals surface area contributed by atoms with Gasteiger partial charge >= 0.3 is 0 Å². The first-order valence-corrected chi connectivity index (χ1v) is 9.38. The number of aromatic nitrogens is 3. The standard InChI is InChI=1S/C21H16N4OS/c22-15-18(14-16-8-3-1-4-9-16)27-21-24-23-20(19-12-7-13-26-19)25(21)17-10-5-2-6-11-17/h1-13,18H,14H2. The molecule has 2 heterocycles. The molecule has 2 aromatic heterocycles. The molecule has 6 heteroatoms. The van der Waals surface area contributed by atoms with Crippen molar-refractivity contribution >= 4 is 11.8 Å². The van der Waals surface area contributed by atoms with Crippen LogP contribution in [0.1, 0.15) is 5.56 Å². The topological polar surface area (TPSA) is 67.6 Å². The lowest BCUT2D eigenvalue weighted by Gasteiger charge is -2.12. The van der Waals surface area contributed by atoms with E-state index in [0.717, 1.165) is 11.3 Å². The average molecular weight is 372 g/mol. The monoisotopic (exact) mass is 372 g/mol. The molecule has 0 fully saturated rings. The minimum atomic E-state index is -0.275. The Balaban J connectivity index is 1.69. The number of nitrogens with zero attached hydrogens (tertiary/aromatic N) is 4. The Morgan fingerprint density at radius 2 is 1.70 bits per heavy atom. The second-order valence-corrected chi connectivity index (χ2v) is 7.05. The molecule has 1 unspecified atom stereocenters. The molecule has 27 heavy (non-hydrogen) atoms. The Morgan fingerprint density at radius 1 is 0.963 bits per heavy atom. The summed E-state index contributed by atoms with van der Waals surface area (Å²) in [5.41, 5.74) is 2.04. The van der Waals surface area contributed by atoms with Crippen LogP contribution in [-0.4, -0.2) is 20.0 Å². The van der Waals surface area contributed by atoms with Crippen molar-refractivity contribution in [1.82, 2.24) is 14.8 Å². The molecule has 4 aromatic rings. The summed E-state index contributed by atoms with van der Waals surface area (Å²) in [7, 11) is 0. The molecule has 0 saturated carbocycles. The highest BCUT2D eigenvalue weighted by Gasteiger charge is 2.21. The third-order valence-corrected chi connectivity index (χ3v) is 5.08. The van der Waals surface area contributed by atoms with E-state index in [2.05, 4.69) is 16.3 Å². The minimum absolute atomic E-state index is 0.275. The van der Waals surface area contributed by atoms with Gasteiger partial charge < -0.3 is 4.42 Å². The van der Waals surface area contributed by atoms with Crippen molar-refractivity contribution in [2.75, 3.05) is 0 Å². The lowest BCUT2D eigenvalue weighted by Crippen LogP contribution is -2.07. The fourth-order valence-corrected chi connectivity index (χ4v) is 3.76. The Hall–Kier alpha value is -3.30. The van der Waals surface area contributed by atoms with Gasteiger partial charge in [-0.05, 0) is 36.2 Å². The second-order valence-electron chi connectivity index (χ2n) is 5.88. The van der Waals surface area contributed by atoms with Crippen LogP contribution >= 0.6 is 11.8 Å². The second kappa shape index (κ2) is 7.94. The van der Waals surface area contributed by atoms with E-state index in [1.807, 2.05) is 77.4 Å². The van der Waals surface area contributed by atoms with E-state index in [4.69, 9.17) is 4.42 Å². The van der Waals surface area contributed by atoms with Gasteiger partial charge in [-0.2, -0.15) is 5.26 Å². The van der Waals surface area contributed by atoms with Gasteiger partial charge in [-0.15, -0.1) is 10.2 Å². The van der Waals surface area contributed by atoms with Crippen LogP contribution in [0.25, 0.3) is 17.3 Å². The molecule has 0 aliphatic rings. The summed E-state index contributed by atoms with van der Waals surface area (Å²) >= 11 is 1.41. The van der Waals surface area contributed by atoms with Gasteiger partial charge in [0, 0.05) is 5.69 Å². The molecule has 4 rings (SSSR count). The molecule has 5 nitrogen and oxygen atoms in total. The smallest absolute Gasteiger partial charge is 0.205 e. The largest absolute Gasteiger partial charge is 0.461 e. The zero-order chi connectivity index (χ0) is 18.5. The minimum Gasteiger partial charge on any atom is -0.461 e. The quantitative estimate of drug-likeness (QED) is 0.457. The Labute approximate surface area is 161 Å². The number of rotatable bonds is 6. The predicted molar refractivity (Wildman–Crippen MR) is 104 cm³/mol. The molecule has 1 atom stereocenters. The van der Waals surface area contributed by atoms with E-state index in [1.165, 1.54) is 11.8 Å². The van der Waals surface area contributed by atoms with Crippen LogP contribution in [0.2, 0.25) is 0 Å². The van der Waals surface area contributed by atoms with Gasteiger partial charge in [0.25, 0.3) is 0 Å². The number of thioether (sulfide) groups is 1. The number of benzene rings is 2. The Morgan fingerprint density at radius 3 is 2.37 bits per heavy atom. The molecule has 0 aliphatic carbocycles. The molecule has 0 aliphatic heterocycles. The number of nitriles is 1. The van der Waals surface area contributed by atoms with E-state index >= 15 is 0 Å². The number of para-hydroxylation sites is 1. The van der Waals surface area contributed by atoms with E-state index in [9.17, 15) is 5.26 Å². The first kappa shape index (κ1) is 17.1. The summed E-state index contributed by atoms with van der Waals surface area (Å²) < 4.78 is 7.45. The third kappa shape index (κ3) is 3.78. The fourth-order valence-electron chi connectivity index (χ4n) is 2.79. The van der Waals surface area contributed by atoms with Gasteiger partial charge in [0.05, 0.1) is 12.3 Å². The maximum absolute atomic E-state index is 9.65. The highest BCUT2D eigenvalue weighted by molar-refractivity contribution is 8.00. The highest BCUT2D eigenvalue weighted by atomic mass is 32.2. The number of hydrogen-bond donors (Lipinski definition) is 0. The lowest BCUT2D eigenvalue weighted by atomic mass is 10.1. The normalized spacial score (nSPS) is 11.8. The molecule has 0 spiro atoms. The van der Waals surface area contributed by atoms with Crippen LogP contribution in [-0.2, 0) is 6.42 Å². The van der Waals surface area contributed by atoms with Crippen LogP contribution in [0.4, 0.5) is 0 Å². The van der Waals surface area contributed by atoms with Crippen molar-refractivity contribution in [2.45, 2.75) is 16.8 Å². The number of hydrogen-bond acceptors (Lipinski definition) is 5. The van der Waals surface area contributed by atoms with Crippen LogP contribution in [0.15, 0.2) is 88.6 Å². The molecule has 2 aromatic carbocycles. The average Bonchev–Trinajstić information content (AvgIpc) is 3.38. The summed E-state index contributed by atoms with van der Waals surface area (Å²) in [4.78, 5) is 0. The van der Waals surface area contributed by atoms with Crippen molar-refractivity contribution in [3.05, 3.63) is 84.6 Å². The van der Waals surface area contributed by atoms with Crippen LogP contribution in [0, 0.1) is 11.3 Å². The van der Waals surface area contributed by atoms with E-state index in [1.54, 1.807) is 6.26 Å². The van der Waals surface area contributed by atoms with E-state index in [-0.39, 0.29) is 5.25 Å². The summed E-state index contributed by atoms with van der Waals surface area (Å²) in [5.74, 6) is 1.25. The van der Waals surface area contributed by atoms with Crippen molar-refractivity contribution in [2.24, 2.45) is 0 Å². The molecular weight excluding hydrogens is 356 g/mol. The zero-order valence-electron chi connectivity index (χ0n) is 14.4. The van der Waals surface area contributed by atoms with Crippen molar-refractivity contribution in [3.8, 4) is 23.3 Å². The van der Waals surface area contributed by atoms with Crippen molar-refractivity contribution in [1.29, 1.82) is 5.26 Å². The summed E-state index contributed by atoms with van der Waals surface area (Å²) in [5, 5.41) is 18.7. The lowest BCUT2D eigenvalue weighted by molar-refractivity contribution is 0.575. The molecular formula is C21H16N4OS. The van der Waals surface area contributed by atoms with Crippen LogP contribution in [0.5, 0.6) is 0 Å². The van der Waals surface area contributed by atoms with E-state index in [0.29, 0.717) is 23.2 Å². The number of furan rings is 1.